The van der Waals surface area contributed by atoms with Crippen molar-refractivity contribution in [3.8, 4) is 0 Å². The summed E-state index contributed by atoms with van der Waals surface area (Å²) in [5.74, 6) is 0.389. The molecule has 0 aliphatic rings. The van der Waals surface area contributed by atoms with Crippen LogP contribution in [-0.4, -0.2) is 30.0 Å². The minimum atomic E-state index is -2.30. The van der Waals surface area contributed by atoms with E-state index in [1.807, 2.05) is 27.7 Å². The van der Waals surface area contributed by atoms with Gasteiger partial charge in [0.1, 0.15) is 5.25 Å². The number of hydrogen-bond donors (Lipinski definition) is 0. The molecule has 0 aromatic carbocycles. The summed E-state index contributed by atoms with van der Waals surface area (Å²) in [4.78, 5) is 11.7. The van der Waals surface area contributed by atoms with E-state index in [9.17, 15) is 13.6 Å². The first kappa shape index (κ1) is 16.7. The average molecular weight is 268 g/mol. The molecule has 0 heterocycles. The van der Waals surface area contributed by atoms with Gasteiger partial charge in [0.15, 0.2) is 0 Å². The molecular formula is C12H22F2O2S. The summed E-state index contributed by atoms with van der Waals surface area (Å²) in [7, 11) is 0. The second-order valence-electron chi connectivity index (χ2n) is 4.74. The maximum atomic E-state index is 12.0. The van der Waals surface area contributed by atoms with E-state index < -0.39 is 6.43 Å². The maximum absolute atomic E-state index is 12.0. The van der Waals surface area contributed by atoms with Gasteiger partial charge < -0.3 is 4.74 Å². The van der Waals surface area contributed by atoms with Crippen molar-refractivity contribution in [2.24, 2.45) is 11.8 Å². The normalized spacial score (nSPS) is 13.5. The summed E-state index contributed by atoms with van der Waals surface area (Å²) >= 11 is 1.26. The van der Waals surface area contributed by atoms with E-state index in [0.717, 1.165) is 0 Å². The van der Waals surface area contributed by atoms with Gasteiger partial charge in [0.05, 0.1) is 6.61 Å². The Morgan fingerprint density at radius 2 is 1.82 bits per heavy atom. The van der Waals surface area contributed by atoms with Crippen LogP contribution in [-0.2, 0) is 9.53 Å². The van der Waals surface area contributed by atoms with Crippen molar-refractivity contribution in [3.05, 3.63) is 0 Å². The fourth-order valence-electron chi connectivity index (χ4n) is 1.15. The Labute approximate surface area is 106 Å². The SMILES string of the molecule is CC(C)COC(=O)C(SCCC(F)F)C(C)C. The molecule has 0 spiro atoms. The molecule has 17 heavy (non-hydrogen) atoms. The summed E-state index contributed by atoms with van der Waals surface area (Å²) in [5.41, 5.74) is 0. The van der Waals surface area contributed by atoms with E-state index in [4.69, 9.17) is 4.74 Å². The second-order valence-corrected chi connectivity index (χ2v) is 5.99. The van der Waals surface area contributed by atoms with Gasteiger partial charge in [-0.05, 0) is 17.6 Å². The van der Waals surface area contributed by atoms with Gasteiger partial charge in [-0.1, -0.05) is 27.7 Å². The molecule has 0 N–H and O–H groups in total. The zero-order valence-electron chi connectivity index (χ0n) is 10.9. The van der Waals surface area contributed by atoms with Gasteiger partial charge in [0, 0.05) is 6.42 Å². The molecule has 0 saturated heterocycles. The first-order chi connectivity index (χ1) is 7.84. The molecule has 0 fully saturated rings. The summed E-state index contributed by atoms with van der Waals surface area (Å²) < 4.78 is 29.2. The van der Waals surface area contributed by atoms with Crippen LogP contribution in [0.4, 0.5) is 8.78 Å². The van der Waals surface area contributed by atoms with Gasteiger partial charge in [-0.25, -0.2) is 8.78 Å². The summed E-state index contributed by atoms with van der Waals surface area (Å²) in [6, 6.07) is 0. The lowest BCUT2D eigenvalue weighted by molar-refractivity contribution is -0.144. The molecule has 0 saturated carbocycles. The van der Waals surface area contributed by atoms with E-state index in [1.54, 1.807) is 0 Å². The maximum Gasteiger partial charge on any atom is 0.319 e. The number of esters is 1. The first-order valence-electron chi connectivity index (χ1n) is 5.91. The number of carbonyl (C=O) groups is 1. The predicted octanol–water partition coefficient (Wildman–Crippen LogP) is 3.60. The van der Waals surface area contributed by atoms with Crippen LogP contribution in [0.15, 0.2) is 0 Å². The Morgan fingerprint density at radius 3 is 2.24 bits per heavy atom. The minimum absolute atomic E-state index is 0.0948. The second kappa shape index (κ2) is 8.72. The van der Waals surface area contributed by atoms with Crippen LogP contribution >= 0.6 is 11.8 Å². The largest absolute Gasteiger partial charge is 0.465 e. The molecule has 102 valence electrons. The first-order valence-corrected chi connectivity index (χ1v) is 6.95. The number of ether oxygens (including phenoxy) is 1. The number of hydrogen-bond acceptors (Lipinski definition) is 3. The monoisotopic (exact) mass is 268 g/mol. The number of carbonyl (C=O) groups excluding carboxylic acids is 1. The predicted molar refractivity (Wildman–Crippen MR) is 67.5 cm³/mol. The van der Waals surface area contributed by atoms with Crippen LogP contribution in [0.3, 0.4) is 0 Å². The highest BCUT2D eigenvalue weighted by atomic mass is 32.2. The lowest BCUT2D eigenvalue weighted by Gasteiger charge is -2.19. The van der Waals surface area contributed by atoms with Crippen LogP contribution in [0.1, 0.15) is 34.1 Å². The van der Waals surface area contributed by atoms with Gasteiger partial charge in [-0.2, -0.15) is 0 Å². The Kier molecular flexibility index (Phi) is 8.56. The molecule has 0 aromatic rings. The highest BCUT2D eigenvalue weighted by Gasteiger charge is 2.24. The molecule has 0 aliphatic carbocycles. The highest BCUT2D eigenvalue weighted by molar-refractivity contribution is 8.00. The summed E-state index contributed by atoms with van der Waals surface area (Å²) in [5, 5.41) is -0.340. The van der Waals surface area contributed by atoms with E-state index in [0.29, 0.717) is 6.61 Å². The van der Waals surface area contributed by atoms with Gasteiger partial charge in [-0.15, -0.1) is 11.8 Å². The molecule has 1 unspecified atom stereocenters. The van der Waals surface area contributed by atoms with Gasteiger partial charge >= 0.3 is 5.97 Å². The Bertz CT molecular complexity index is 221. The quantitative estimate of drug-likeness (QED) is 0.629. The van der Waals surface area contributed by atoms with Crippen LogP contribution in [0.25, 0.3) is 0 Å². The summed E-state index contributed by atoms with van der Waals surface area (Å²) in [6.45, 7) is 8.11. The average Bonchev–Trinajstić information content (AvgIpc) is 2.20. The molecule has 0 bridgehead atoms. The van der Waals surface area contributed by atoms with Crippen LogP contribution in [0, 0.1) is 11.8 Å². The molecule has 0 aliphatic heterocycles. The fraction of sp³-hybridized carbons (Fsp3) is 0.917. The Hall–Kier alpha value is -0.320. The molecular weight excluding hydrogens is 246 g/mol. The molecule has 2 nitrogen and oxygen atoms in total. The standard InChI is InChI=1S/C12H22F2O2S/c1-8(2)7-16-12(15)11(9(3)4)17-6-5-10(13)14/h8-11H,5-7H2,1-4H3. The lowest BCUT2D eigenvalue weighted by atomic mass is 10.1. The zero-order valence-corrected chi connectivity index (χ0v) is 11.7. The Morgan fingerprint density at radius 1 is 1.24 bits per heavy atom. The van der Waals surface area contributed by atoms with Crippen molar-refractivity contribution in [1.29, 1.82) is 0 Å². The van der Waals surface area contributed by atoms with Crippen LogP contribution in [0.2, 0.25) is 0 Å². The highest BCUT2D eigenvalue weighted by Crippen LogP contribution is 2.23. The van der Waals surface area contributed by atoms with E-state index in [2.05, 4.69) is 0 Å². The van der Waals surface area contributed by atoms with E-state index >= 15 is 0 Å². The van der Waals surface area contributed by atoms with Gasteiger partial charge in [-0.3, -0.25) is 4.79 Å². The van der Waals surface area contributed by atoms with Crippen LogP contribution < -0.4 is 0 Å². The van der Waals surface area contributed by atoms with Crippen LogP contribution in [0.5, 0.6) is 0 Å². The number of alkyl halides is 2. The molecule has 0 amide bonds. The number of rotatable bonds is 8. The fourth-order valence-corrected chi connectivity index (χ4v) is 2.30. The Balaban J connectivity index is 4.08. The van der Waals surface area contributed by atoms with E-state index in [1.165, 1.54) is 11.8 Å². The zero-order chi connectivity index (χ0) is 13.4. The third-order valence-electron chi connectivity index (χ3n) is 2.03. The van der Waals surface area contributed by atoms with Crippen molar-refractivity contribution in [2.75, 3.05) is 12.4 Å². The third-order valence-corrected chi connectivity index (χ3v) is 3.60. The molecule has 1 atom stereocenters. The van der Waals surface area contributed by atoms with Crippen molar-refractivity contribution < 1.29 is 18.3 Å². The van der Waals surface area contributed by atoms with Crippen molar-refractivity contribution in [3.63, 3.8) is 0 Å². The van der Waals surface area contributed by atoms with E-state index in [-0.39, 0.29) is 35.2 Å². The molecule has 0 aromatic heterocycles. The third kappa shape index (κ3) is 8.41. The number of halogens is 2. The van der Waals surface area contributed by atoms with Crippen molar-refractivity contribution >= 4 is 17.7 Å². The molecule has 0 rings (SSSR count). The molecule has 5 heteroatoms. The molecule has 0 radical (unpaired) electrons. The smallest absolute Gasteiger partial charge is 0.319 e. The minimum Gasteiger partial charge on any atom is -0.465 e. The lowest BCUT2D eigenvalue weighted by Crippen LogP contribution is -2.27. The number of thioether (sulfide) groups is 1. The summed E-state index contributed by atoms with van der Waals surface area (Å²) in [6.07, 6.45) is -2.48. The topological polar surface area (TPSA) is 26.3 Å². The van der Waals surface area contributed by atoms with Gasteiger partial charge in [0.2, 0.25) is 6.43 Å². The van der Waals surface area contributed by atoms with Crippen molar-refractivity contribution in [2.45, 2.75) is 45.8 Å². The van der Waals surface area contributed by atoms with Gasteiger partial charge in [0.25, 0.3) is 0 Å². The van der Waals surface area contributed by atoms with Crippen molar-refractivity contribution in [1.82, 2.24) is 0 Å².